The predicted octanol–water partition coefficient (Wildman–Crippen LogP) is 2.17. The highest BCUT2D eigenvalue weighted by atomic mass is 14.8. The van der Waals surface area contributed by atoms with Crippen LogP contribution in [0.5, 0.6) is 0 Å². The van der Waals surface area contributed by atoms with Crippen LogP contribution < -0.4 is 0 Å². The highest BCUT2D eigenvalue weighted by molar-refractivity contribution is 5.61. The quantitative estimate of drug-likeness (QED) is 0.539. The molecule has 3 rings (SSSR count). The fourth-order valence-corrected chi connectivity index (χ4v) is 3.57. The molecule has 3 aliphatic rings. The molecule has 3 aliphatic carbocycles. The van der Waals surface area contributed by atoms with E-state index >= 15 is 0 Å². The first-order valence-electron chi connectivity index (χ1n) is 4.81. The van der Waals surface area contributed by atoms with E-state index < -0.39 is 0 Å². The third-order valence-corrected chi connectivity index (χ3v) is 4.85. The normalized spacial score (nSPS) is 56.0. The summed E-state index contributed by atoms with van der Waals surface area (Å²) in [5.74, 6) is 0.268. The minimum Gasteiger partial charge on any atom is -0.197 e. The molecule has 0 aromatic rings. The number of nitriles is 2. The fourth-order valence-electron chi connectivity index (χ4n) is 3.57. The molecule has 2 heteroatoms. The van der Waals surface area contributed by atoms with Gasteiger partial charge < -0.3 is 0 Å². The average molecular weight is 182 g/mol. The average Bonchev–Trinajstić information content (AvgIpc) is 2.57. The molecule has 2 nitrogen and oxygen atoms in total. The van der Waals surface area contributed by atoms with Crippen LogP contribution in [0.25, 0.3) is 0 Å². The van der Waals surface area contributed by atoms with Crippen LogP contribution in [-0.4, -0.2) is 0 Å². The summed E-state index contributed by atoms with van der Waals surface area (Å²) in [7, 11) is 0. The van der Waals surface area contributed by atoms with Crippen LogP contribution in [0.15, 0.2) is 23.8 Å². The first kappa shape index (κ1) is 7.83. The smallest absolute Gasteiger partial charge is 0.0953 e. The molecule has 4 atom stereocenters. The Balaban J connectivity index is 2.27. The van der Waals surface area contributed by atoms with Gasteiger partial charge >= 0.3 is 0 Å². The summed E-state index contributed by atoms with van der Waals surface area (Å²) in [6.07, 6.45) is 6.07. The molecule has 0 N–H and O–H groups in total. The molecule has 0 spiro atoms. The lowest BCUT2D eigenvalue weighted by Crippen LogP contribution is -2.24. The van der Waals surface area contributed by atoms with E-state index in [0.29, 0.717) is 0 Å². The molecule has 0 amide bonds. The molecule has 0 aromatic carbocycles. The van der Waals surface area contributed by atoms with Gasteiger partial charge in [0.1, 0.15) is 0 Å². The number of allylic oxidation sites excluding steroid dienone is 4. The second-order valence-corrected chi connectivity index (χ2v) is 4.89. The molecule has 1 unspecified atom stereocenters. The molecule has 0 bridgehead atoms. The standard InChI is InChI=1S/C12H10N2/c1-10-3-4-12(7-14)9(11(10,12)2)5-8(10)6-13/h3-5,9H,1-2H3/t9?,10-,11+,12-/m0/s1. The van der Waals surface area contributed by atoms with Crippen molar-refractivity contribution in [2.45, 2.75) is 13.8 Å². The molecular weight excluding hydrogens is 172 g/mol. The van der Waals surface area contributed by atoms with Gasteiger partial charge in [0.25, 0.3) is 0 Å². The van der Waals surface area contributed by atoms with Crippen molar-refractivity contribution in [1.82, 2.24) is 0 Å². The topological polar surface area (TPSA) is 47.6 Å². The summed E-state index contributed by atoms with van der Waals surface area (Å²) in [4.78, 5) is 0. The van der Waals surface area contributed by atoms with E-state index in [4.69, 9.17) is 5.26 Å². The van der Waals surface area contributed by atoms with Crippen molar-refractivity contribution in [2.75, 3.05) is 0 Å². The van der Waals surface area contributed by atoms with Gasteiger partial charge in [0, 0.05) is 22.3 Å². The van der Waals surface area contributed by atoms with Crippen molar-refractivity contribution < 1.29 is 0 Å². The Kier molecular flexibility index (Phi) is 0.930. The van der Waals surface area contributed by atoms with Crippen molar-refractivity contribution in [3.63, 3.8) is 0 Å². The molecule has 68 valence electrons. The van der Waals surface area contributed by atoms with Crippen LogP contribution in [0.3, 0.4) is 0 Å². The van der Waals surface area contributed by atoms with E-state index in [1.54, 1.807) is 0 Å². The first-order chi connectivity index (χ1) is 6.57. The number of hydrogen-bond donors (Lipinski definition) is 0. The van der Waals surface area contributed by atoms with Gasteiger partial charge in [-0.25, -0.2) is 0 Å². The van der Waals surface area contributed by atoms with Gasteiger partial charge in [-0.15, -0.1) is 0 Å². The van der Waals surface area contributed by atoms with Gasteiger partial charge in [-0.1, -0.05) is 32.1 Å². The van der Waals surface area contributed by atoms with Gasteiger partial charge in [0.15, 0.2) is 0 Å². The highest BCUT2D eigenvalue weighted by Crippen LogP contribution is 2.85. The fraction of sp³-hybridized carbons (Fsp3) is 0.500. The maximum Gasteiger partial charge on any atom is 0.0953 e. The van der Waals surface area contributed by atoms with Crippen LogP contribution >= 0.6 is 0 Å². The number of hydrogen-bond acceptors (Lipinski definition) is 2. The molecule has 0 saturated heterocycles. The third kappa shape index (κ3) is 0.399. The van der Waals surface area contributed by atoms with Crippen LogP contribution in [0, 0.1) is 44.8 Å². The van der Waals surface area contributed by atoms with Gasteiger partial charge in [-0.05, 0) is 0 Å². The lowest BCUT2D eigenvalue weighted by molar-refractivity contribution is 0.306. The van der Waals surface area contributed by atoms with Crippen molar-refractivity contribution in [1.29, 1.82) is 10.5 Å². The summed E-state index contributed by atoms with van der Waals surface area (Å²) >= 11 is 0. The van der Waals surface area contributed by atoms with Crippen LogP contribution in [0.2, 0.25) is 0 Å². The summed E-state index contributed by atoms with van der Waals surface area (Å²) in [5, 5.41) is 18.2. The Labute approximate surface area is 83.1 Å². The first-order valence-corrected chi connectivity index (χ1v) is 4.81. The van der Waals surface area contributed by atoms with Gasteiger partial charge in [0.2, 0.25) is 0 Å². The van der Waals surface area contributed by atoms with Crippen LogP contribution in [0.1, 0.15) is 13.8 Å². The summed E-state index contributed by atoms with van der Waals surface area (Å²) in [5.41, 5.74) is 0.300. The van der Waals surface area contributed by atoms with E-state index in [2.05, 4.69) is 32.1 Å². The maximum absolute atomic E-state index is 9.21. The Morgan fingerprint density at radius 2 is 2.00 bits per heavy atom. The third-order valence-electron chi connectivity index (χ3n) is 4.85. The largest absolute Gasteiger partial charge is 0.197 e. The monoisotopic (exact) mass is 182 g/mol. The SMILES string of the molecule is C[C@@]12C3C=C(C#N)[C@]1(C)C=C[C@]32C#N. The van der Waals surface area contributed by atoms with Gasteiger partial charge in [-0.2, -0.15) is 10.5 Å². The summed E-state index contributed by atoms with van der Waals surface area (Å²) in [6.45, 7) is 4.20. The molecule has 14 heavy (non-hydrogen) atoms. The molecule has 0 radical (unpaired) electrons. The molecule has 1 fully saturated rings. The second kappa shape index (κ2) is 1.66. The Morgan fingerprint density at radius 3 is 2.50 bits per heavy atom. The van der Waals surface area contributed by atoms with Crippen LogP contribution in [0.4, 0.5) is 0 Å². The lowest BCUT2D eigenvalue weighted by Gasteiger charge is -2.27. The summed E-state index contributed by atoms with van der Waals surface area (Å²) < 4.78 is 0. The van der Waals surface area contributed by atoms with E-state index in [1.807, 2.05) is 12.2 Å². The number of rotatable bonds is 0. The molecular formula is C12H10N2. The van der Waals surface area contributed by atoms with Crippen molar-refractivity contribution in [2.24, 2.45) is 22.2 Å². The minimum absolute atomic E-state index is 0.0419. The van der Waals surface area contributed by atoms with E-state index in [1.165, 1.54) is 0 Å². The molecule has 0 aliphatic heterocycles. The lowest BCUT2D eigenvalue weighted by atomic mass is 9.73. The predicted molar refractivity (Wildman–Crippen MR) is 50.6 cm³/mol. The van der Waals surface area contributed by atoms with Crippen LogP contribution in [-0.2, 0) is 0 Å². The zero-order valence-corrected chi connectivity index (χ0v) is 8.20. The Bertz CT molecular complexity index is 487. The molecule has 0 aromatic heterocycles. The Morgan fingerprint density at radius 1 is 1.29 bits per heavy atom. The Hall–Kier alpha value is -1.54. The number of nitrogens with zero attached hydrogens (tertiary/aromatic N) is 2. The van der Waals surface area contributed by atoms with Crippen molar-refractivity contribution in [3.05, 3.63) is 23.8 Å². The zero-order chi connectivity index (χ0) is 10.2. The minimum atomic E-state index is -0.303. The maximum atomic E-state index is 9.21. The van der Waals surface area contributed by atoms with Crippen molar-refractivity contribution >= 4 is 0 Å². The highest BCUT2D eigenvalue weighted by Gasteiger charge is 2.84. The van der Waals surface area contributed by atoms with E-state index in [9.17, 15) is 5.26 Å². The van der Waals surface area contributed by atoms with Gasteiger partial charge in [0.05, 0.1) is 17.6 Å². The van der Waals surface area contributed by atoms with Crippen molar-refractivity contribution in [3.8, 4) is 12.1 Å². The molecule has 0 heterocycles. The molecule has 1 saturated carbocycles. The van der Waals surface area contributed by atoms with E-state index in [-0.39, 0.29) is 22.2 Å². The van der Waals surface area contributed by atoms with E-state index in [0.717, 1.165) is 5.57 Å². The number of fused-ring (bicyclic) bond motifs is 1. The zero-order valence-electron chi connectivity index (χ0n) is 8.20. The van der Waals surface area contributed by atoms with Gasteiger partial charge in [-0.3, -0.25) is 0 Å². The summed E-state index contributed by atoms with van der Waals surface area (Å²) in [6, 6.07) is 4.68. The second-order valence-electron chi connectivity index (χ2n) is 4.89.